The van der Waals surface area contributed by atoms with Crippen molar-refractivity contribution in [3.8, 4) is 22.9 Å². The second-order valence-corrected chi connectivity index (χ2v) is 8.53. The van der Waals surface area contributed by atoms with Gasteiger partial charge in [0.2, 0.25) is 11.8 Å². The molecule has 152 valence electrons. The van der Waals surface area contributed by atoms with E-state index in [1.807, 2.05) is 49.4 Å². The van der Waals surface area contributed by atoms with E-state index < -0.39 is 0 Å². The molecule has 5 aromatic rings. The molecule has 0 amide bonds. The standard InChI is InChI=1S/C25H16Cl2N2O2/c1-13-6-9-21-23(10-13)31-25(29-21)15-8-7-14(16-11-18(26)19(27)12-17(15)16)24-28-20-4-2-3-5-22(20)30-24/h4-12H,2-3H2,1H3. The molecule has 0 unspecified atom stereocenters. The van der Waals surface area contributed by atoms with Crippen LogP contribution in [0.15, 0.2) is 51.3 Å². The third-order valence-corrected chi connectivity index (χ3v) is 6.30. The van der Waals surface area contributed by atoms with Gasteiger partial charge in [-0.2, -0.15) is 0 Å². The summed E-state index contributed by atoms with van der Waals surface area (Å²) < 4.78 is 12.2. The van der Waals surface area contributed by atoms with Crippen molar-refractivity contribution in [2.75, 3.05) is 0 Å². The lowest BCUT2D eigenvalue weighted by Crippen LogP contribution is -2.23. The summed E-state index contributed by atoms with van der Waals surface area (Å²) >= 11 is 12.8. The van der Waals surface area contributed by atoms with Crippen LogP contribution in [0.25, 0.3) is 56.9 Å². The van der Waals surface area contributed by atoms with Gasteiger partial charge in [0.1, 0.15) is 10.9 Å². The summed E-state index contributed by atoms with van der Waals surface area (Å²) in [5, 5.41) is 3.57. The fourth-order valence-corrected chi connectivity index (χ4v) is 4.37. The van der Waals surface area contributed by atoms with E-state index in [1.165, 1.54) is 0 Å². The van der Waals surface area contributed by atoms with Crippen molar-refractivity contribution >= 4 is 57.2 Å². The zero-order valence-electron chi connectivity index (χ0n) is 16.6. The molecule has 0 N–H and O–H groups in total. The SMILES string of the molecule is Cc1ccc2nc(-c3ccc(-c4nc5c(o4)=CCCC=5)c4cc(Cl)c(Cl)cc34)oc2c1. The monoisotopic (exact) mass is 446 g/mol. The fourth-order valence-electron chi connectivity index (χ4n) is 4.04. The van der Waals surface area contributed by atoms with Crippen LogP contribution < -0.4 is 10.8 Å². The van der Waals surface area contributed by atoms with Crippen LogP contribution in [-0.4, -0.2) is 9.97 Å². The van der Waals surface area contributed by atoms with E-state index in [4.69, 9.17) is 37.0 Å². The Bertz CT molecular complexity index is 1600. The maximum atomic E-state index is 6.40. The lowest BCUT2D eigenvalue weighted by Gasteiger charge is -2.09. The number of fused-ring (bicyclic) bond motifs is 3. The third kappa shape index (κ3) is 3.06. The topological polar surface area (TPSA) is 52.1 Å². The molecular weight excluding hydrogens is 431 g/mol. The van der Waals surface area contributed by atoms with E-state index in [1.54, 1.807) is 0 Å². The number of hydrogen-bond acceptors (Lipinski definition) is 4. The van der Waals surface area contributed by atoms with E-state index in [0.29, 0.717) is 21.8 Å². The van der Waals surface area contributed by atoms with Crippen molar-refractivity contribution in [3.05, 3.63) is 68.8 Å². The van der Waals surface area contributed by atoms with Crippen LogP contribution in [0.1, 0.15) is 18.4 Å². The first-order chi connectivity index (χ1) is 15.1. The number of hydrogen-bond donors (Lipinski definition) is 0. The Morgan fingerprint density at radius 2 is 1.45 bits per heavy atom. The Hall–Kier alpha value is -3.08. The number of nitrogens with zero attached hydrogens (tertiary/aromatic N) is 2. The minimum atomic E-state index is 0.466. The fraction of sp³-hybridized carbons (Fsp3) is 0.120. The van der Waals surface area contributed by atoms with Gasteiger partial charge < -0.3 is 8.83 Å². The molecule has 2 heterocycles. The highest BCUT2D eigenvalue weighted by Gasteiger charge is 2.18. The highest BCUT2D eigenvalue weighted by atomic mass is 35.5. The average Bonchev–Trinajstić information content (AvgIpc) is 3.37. The molecule has 6 heteroatoms. The van der Waals surface area contributed by atoms with Crippen molar-refractivity contribution in [2.45, 2.75) is 19.8 Å². The first-order valence-corrected chi connectivity index (χ1v) is 10.8. The van der Waals surface area contributed by atoms with E-state index >= 15 is 0 Å². The lowest BCUT2D eigenvalue weighted by atomic mass is 9.99. The van der Waals surface area contributed by atoms with Gasteiger partial charge >= 0.3 is 0 Å². The third-order valence-electron chi connectivity index (χ3n) is 5.58. The molecule has 0 spiro atoms. The second kappa shape index (κ2) is 6.98. The minimum Gasteiger partial charge on any atom is -0.436 e. The van der Waals surface area contributed by atoms with Crippen molar-refractivity contribution in [1.82, 2.24) is 9.97 Å². The van der Waals surface area contributed by atoms with Gasteiger partial charge in [-0.05, 0) is 78.6 Å². The summed E-state index contributed by atoms with van der Waals surface area (Å²) in [4.78, 5) is 9.39. The van der Waals surface area contributed by atoms with Crippen LogP contribution in [-0.2, 0) is 0 Å². The predicted octanol–water partition coefficient (Wildman–Crippen LogP) is 6.27. The number of aromatic nitrogens is 2. The molecular formula is C25H16Cl2N2O2. The van der Waals surface area contributed by atoms with Gasteiger partial charge in [0, 0.05) is 11.1 Å². The maximum absolute atomic E-state index is 6.40. The molecule has 1 aliphatic carbocycles. The predicted molar refractivity (Wildman–Crippen MR) is 125 cm³/mol. The van der Waals surface area contributed by atoms with Crippen molar-refractivity contribution in [3.63, 3.8) is 0 Å². The Kier molecular flexibility index (Phi) is 4.20. The van der Waals surface area contributed by atoms with Gasteiger partial charge in [-0.1, -0.05) is 35.3 Å². The summed E-state index contributed by atoms with van der Waals surface area (Å²) in [5.41, 5.74) is 5.17. The molecule has 1 aliphatic rings. The quantitative estimate of drug-likeness (QED) is 0.320. The summed E-state index contributed by atoms with van der Waals surface area (Å²) in [6.07, 6.45) is 6.10. The highest BCUT2D eigenvalue weighted by Crippen LogP contribution is 2.39. The van der Waals surface area contributed by atoms with Crippen molar-refractivity contribution in [2.24, 2.45) is 0 Å². The van der Waals surface area contributed by atoms with Gasteiger partial charge in [0.25, 0.3) is 0 Å². The van der Waals surface area contributed by atoms with Gasteiger partial charge in [0.05, 0.1) is 10.0 Å². The smallest absolute Gasteiger partial charge is 0.227 e. The number of benzene rings is 3. The molecule has 0 saturated carbocycles. The number of rotatable bonds is 2. The van der Waals surface area contributed by atoms with Gasteiger partial charge in [0.15, 0.2) is 11.0 Å². The van der Waals surface area contributed by atoms with Gasteiger partial charge in [-0.25, -0.2) is 9.97 Å². The largest absolute Gasteiger partial charge is 0.436 e. The van der Waals surface area contributed by atoms with Gasteiger partial charge in [-0.15, -0.1) is 0 Å². The van der Waals surface area contributed by atoms with Crippen molar-refractivity contribution in [1.29, 1.82) is 0 Å². The zero-order valence-corrected chi connectivity index (χ0v) is 18.1. The molecule has 0 atom stereocenters. The number of aryl methyl sites for hydroxylation is 1. The van der Waals surface area contributed by atoms with Crippen LogP contribution >= 0.6 is 23.2 Å². The highest BCUT2D eigenvalue weighted by molar-refractivity contribution is 6.43. The first kappa shape index (κ1) is 18.7. The Balaban J connectivity index is 1.63. The average molecular weight is 447 g/mol. The Morgan fingerprint density at radius 3 is 2.16 bits per heavy atom. The molecule has 0 radical (unpaired) electrons. The van der Waals surface area contributed by atoms with E-state index in [-0.39, 0.29) is 0 Å². The molecule has 6 rings (SSSR count). The second-order valence-electron chi connectivity index (χ2n) is 7.72. The molecule has 0 bridgehead atoms. The van der Waals surface area contributed by atoms with Crippen LogP contribution in [0.3, 0.4) is 0 Å². The van der Waals surface area contributed by atoms with Crippen LogP contribution in [0.5, 0.6) is 0 Å². The van der Waals surface area contributed by atoms with E-state index in [0.717, 1.165) is 62.2 Å². The molecule has 3 aromatic carbocycles. The van der Waals surface area contributed by atoms with Gasteiger partial charge in [-0.3, -0.25) is 0 Å². The normalized spacial score (nSPS) is 13.3. The van der Waals surface area contributed by atoms with E-state index in [2.05, 4.69) is 17.1 Å². The van der Waals surface area contributed by atoms with Crippen LogP contribution in [0, 0.1) is 6.92 Å². The summed E-state index contributed by atoms with van der Waals surface area (Å²) in [7, 11) is 0. The summed E-state index contributed by atoms with van der Waals surface area (Å²) in [6.45, 7) is 2.03. The Labute approximate surface area is 187 Å². The summed E-state index contributed by atoms with van der Waals surface area (Å²) in [5.74, 6) is 1.09. The molecule has 0 aliphatic heterocycles. The number of halogens is 2. The molecule has 0 fully saturated rings. The first-order valence-electron chi connectivity index (χ1n) is 10.0. The number of oxazole rings is 2. The molecule has 4 nitrogen and oxygen atoms in total. The zero-order chi connectivity index (χ0) is 21.1. The van der Waals surface area contributed by atoms with Crippen LogP contribution in [0.4, 0.5) is 0 Å². The molecule has 31 heavy (non-hydrogen) atoms. The summed E-state index contributed by atoms with van der Waals surface area (Å²) in [6, 6.07) is 13.6. The van der Waals surface area contributed by atoms with Crippen LogP contribution in [0.2, 0.25) is 10.0 Å². The van der Waals surface area contributed by atoms with Crippen molar-refractivity contribution < 1.29 is 8.83 Å². The molecule has 2 aromatic heterocycles. The minimum absolute atomic E-state index is 0.466. The molecule has 0 saturated heterocycles. The van der Waals surface area contributed by atoms with E-state index in [9.17, 15) is 0 Å². The lowest BCUT2D eigenvalue weighted by molar-refractivity contribution is 0.538. The maximum Gasteiger partial charge on any atom is 0.227 e. The Morgan fingerprint density at radius 1 is 0.774 bits per heavy atom.